The summed E-state index contributed by atoms with van der Waals surface area (Å²) < 4.78 is 0. The van der Waals surface area contributed by atoms with Crippen molar-refractivity contribution in [3.63, 3.8) is 0 Å². The number of aliphatic imine (C=N–C) groups is 1. The predicted molar refractivity (Wildman–Crippen MR) is 128 cm³/mol. The monoisotopic (exact) mass is 463 g/mol. The highest BCUT2D eigenvalue weighted by Gasteiger charge is 2.32. The molecule has 0 unspecified atom stereocenters. The van der Waals surface area contributed by atoms with E-state index in [-0.39, 0.29) is 23.7 Å². The Hall–Kier alpha value is -3.42. The average Bonchev–Trinajstić information content (AvgIpc) is 3.15. The van der Waals surface area contributed by atoms with Crippen molar-refractivity contribution in [3.8, 4) is 0 Å². The SMILES string of the molecule is Nc1ccccc1C1=NC(=O)[C@H](CC(=O)Nc2ccc(Cl)cc2C(=O)c2ccccc2)S1. The van der Waals surface area contributed by atoms with E-state index in [4.69, 9.17) is 17.3 Å². The summed E-state index contributed by atoms with van der Waals surface area (Å²) in [7, 11) is 0. The molecule has 0 spiro atoms. The van der Waals surface area contributed by atoms with Crippen LogP contribution in [-0.4, -0.2) is 27.9 Å². The highest BCUT2D eigenvalue weighted by atomic mass is 35.5. The lowest BCUT2D eigenvalue weighted by atomic mass is 10.0. The van der Waals surface area contributed by atoms with Gasteiger partial charge in [0.1, 0.15) is 10.3 Å². The minimum Gasteiger partial charge on any atom is -0.398 e. The zero-order valence-corrected chi connectivity index (χ0v) is 18.3. The number of nitrogen functional groups attached to an aromatic ring is 1. The van der Waals surface area contributed by atoms with Gasteiger partial charge in [-0.3, -0.25) is 14.4 Å². The van der Waals surface area contributed by atoms with Gasteiger partial charge in [0.25, 0.3) is 5.91 Å². The van der Waals surface area contributed by atoms with E-state index in [9.17, 15) is 14.4 Å². The van der Waals surface area contributed by atoms with Gasteiger partial charge in [-0.1, -0.05) is 71.9 Å². The van der Waals surface area contributed by atoms with Crippen LogP contribution >= 0.6 is 23.4 Å². The number of carbonyl (C=O) groups is 3. The first-order valence-electron chi connectivity index (χ1n) is 9.75. The Morgan fingerprint density at radius 2 is 1.75 bits per heavy atom. The Balaban J connectivity index is 1.48. The summed E-state index contributed by atoms with van der Waals surface area (Å²) in [5, 5.41) is 2.96. The molecule has 1 aliphatic heterocycles. The number of anilines is 2. The van der Waals surface area contributed by atoms with E-state index in [0.29, 0.717) is 32.6 Å². The summed E-state index contributed by atoms with van der Waals surface area (Å²) >= 11 is 7.30. The van der Waals surface area contributed by atoms with E-state index in [1.807, 2.05) is 12.1 Å². The summed E-state index contributed by atoms with van der Waals surface area (Å²) in [5.74, 6) is -1.06. The molecule has 0 aliphatic carbocycles. The van der Waals surface area contributed by atoms with Crippen LogP contribution in [0, 0.1) is 0 Å². The van der Waals surface area contributed by atoms with E-state index in [0.717, 1.165) is 0 Å². The number of ketones is 1. The minimum atomic E-state index is -0.662. The number of carbonyl (C=O) groups excluding carboxylic acids is 3. The van der Waals surface area contributed by atoms with Crippen LogP contribution in [-0.2, 0) is 9.59 Å². The molecule has 0 saturated carbocycles. The van der Waals surface area contributed by atoms with E-state index < -0.39 is 11.2 Å². The lowest BCUT2D eigenvalue weighted by Crippen LogP contribution is -2.22. The molecule has 1 aliphatic rings. The van der Waals surface area contributed by atoms with Gasteiger partial charge in [-0.05, 0) is 24.3 Å². The number of nitrogens with two attached hydrogens (primary N) is 1. The number of nitrogens with one attached hydrogen (secondary N) is 1. The standard InChI is InChI=1S/C24H18ClN3O3S/c25-15-10-11-19(17(12-15)22(30)14-6-2-1-3-7-14)27-21(29)13-20-23(31)28-24(32-20)16-8-4-5-9-18(16)26/h1-12,20H,13,26H2,(H,27,29)/t20-/m0/s1. The van der Waals surface area contributed by atoms with Crippen molar-refractivity contribution in [2.24, 2.45) is 4.99 Å². The number of benzene rings is 3. The van der Waals surface area contributed by atoms with Gasteiger partial charge in [-0.15, -0.1) is 0 Å². The lowest BCUT2D eigenvalue weighted by Gasteiger charge is -2.13. The van der Waals surface area contributed by atoms with Crippen molar-refractivity contribution in [1.82, 2.24) is 0 Å². The first kappa shape index (κ1) is 21.8. The second kappa shape index (κ2) is 9.38. The maximum absolute atomic E-state index is 12.9. The summed E-state index contributed by atoms with van der Waals surface area (Å²) in [4.78, 5) is 42.1. The molecule has 1 atom stereocenters. The third-order valence-corrected chi connectivity index (χ3v) is 6.26. The normalized spacial score (nSPS) is 15.3. The Kier molecular flexibility index (Phi) is 6.39. The molecule has 0 saturated heterocycles. The number of hydrogen-bond donors (Lipinski definition) is 2. The summed E-state index contributed by atoms with van der Waals surface area (Å²) in [6.45, 7) is 0. The van der Waals surface area contributed by atoms with Crippen molar-refractivity contribution < 1.29 is 14.4 Å². The molecule has 0 fully saturated rings. The maximum Gasteiger partial charge on any atom is 0.260 e. The molecule has 0 radical (unpaired) electrons. The van der Waals surface area contributed by atoms with Crippen LogP contribution in [0.4, 0.5) is 11.4 Å². The van der Waals surface area contributed by atoms with Crippen LogP contribution in [0.2, 0.25) is 5.02 Å². The molecule has 2 amide bonds. The Labute approximate surface area is 193 Å². The molecule has 0 bridgehead atoms. The molecular weight excluding hydrogens is 446 g/mol. The number of para-hydroxylation sites is 1. The van der Waals surface area contributed by atoms with E-state index in [2.05, 4.69) is 10.3 Å². The van der Waals surface area contributed by atoms with Gasteiger partial charge >= 0.3 is 0 Å². The summed E-state index contributed by atoms with van der Waals surface area (Å²) in [6, 6.07) is 20.5. The zero-order valence-electron chi connectivity index (χ0n) is 16.7. The van der Waals surface area contributed by atoms with Gasteiger partial charge in [0.15, 0.2) is 5.78 Å². The molecule has 3 aromatic carbocycles. The number of nitrogens with zero attached hydrogens (tertiary/aromatic N) is 1. The van der Waals surface area contributed by atoms with Crippen LogP contribution in [0.25, 0.3) is 0 Å². The quantitative estimate of drug-likeness (QED) is 0.412. The van der Waals surface area contributed by atoms with Crippen molar-refractivity contribution in [1.29, 1.82) is 0 Å². The zero-order chi connectivity index (χ0) is 22.7. The van der Waals surface area contributed by atoms with Gasteiger partial charge in [0, 0.05) is 33.8 Å². The number of thioether (sulfide) groups is 1. The summed E-state index contributed by atoms with van der Waals surface area (Å²) in [5.41, 5.74) is 8.24. The van der Waals surface area contributed by atoms with Gasteiger partial charge in [0.05, 0.1) is 5.69 Å². The second-order valence-electron chi connectivity index (χ2n) is 7.09. The number of hydrogen-bond acceptors (Lipinski definition) is 5. The van der Waals surface area contributed by atoms with Gasteiger partial charge in [0.2, 0.25) is 5.91 Å². The van der Waals surface area contributed by atoms with Crippen LogP contribution in [0.5, 0.6) is 0 Å². The van der Waals surface area contributed by atoms with Gasteiger partial charge < -0.3 is 11.1 Å². The predicted octanol–water partition coefficient (Wildman–Crippen LogP) is 4.57. The maximum atomic E-state index is 12.9. The molecule has 0 aromatic heterocycles. The fourth-order valence-electron chi connectivity index (χ4n) is 3.26. The van der Waals surface area contributed by atoms with Gasteiger partial charge in [-0.25, -0.2) is 4.99 Å². The highest BCUT2D eigenvalue weighted by molar-refractivity contribution is 8.16. The molecule has 3 N–H and O–H groups in total. The number of amides is 2. The fourth-order valence-corrected chi connectivity index (χ4v) is 4.54. The van der Waals surface area contributed by atoms with Crippen LogP contribution < -0.4 is 11.1 Å². The second-order valence-corrected chi connectivity index (χ2v) is 8.71. The Bertz CT molecular complexity index is 1240. The topological polar surface area (TPSA) is 102 Å². The van der Waals surface area contributed by atoms with Gasteiger partial charge in [-0.2, -0.15) is 0 Å². The fraction of sp³-hybridized carbons (Fsp3) is 0.0833. The summed E-state index contributed by atoms with van der Waals surface area (Å²) in [6.07, 6.45) is -0.0924. The molecule has 4 rings (SSSR count). The minimum absolute atomic E-state index is 0.0924. The lowest BCUT2D eigenvalue weighted by molar-refractivity contribution is -0.121. The molecule has 1 heterocycles. The third-order valence-electron chi connectivity index (χ3n) is 4.84. The third kappa shape index (κ3) is 4.74. The van der Waals surface area contributed by atoms with Crippen molar-refractivity contribution >= 4 is 57.4 Å². The molecule has 8 heteroatoms. The first-order chi connectivity index (χ1) is 15.4. The molecule has 160 valence electrons. The van der Waals surface area contributed by atoms with Crippen molar-refractivity contribution in [3.05, 3.63) is 94.5 Å². The van der Waals surface area contributed by atoms with Crippen molar-refractivity contribution in [2.45, 2.75) is 11.7 Å². The molecular formula is C24H18ClN3O3S. The van der Waals surface area contributed by atoms with Crippen LogP contribution in [0.3, 0.4) is 0 Å². The highest BCUT2D eigenvalue weighted by Crippen LogP contribution is 2.32. The molecule has 3 aromatic rings. The molecule has 32 heavy (non-hydrogen) atoms. The molecule has 6 nitrogen and oxygen atoms in total. The smallest absolute Gasteiger partial charge is 0.260 e. The largest absolute Gasteiger partial charge is 0.398 e. The number of rotatable bonds is 6. The Morgan fingerprint density at radius 1 is 1.03 bits per heavy atom. The van der Waals surface area contributed by atoms with Crippen molar-refractivity contribution in [2.75, 3.05) is 11.1 Å². The average molecular weight is 464 g/mol. The number of halogens is 1. The van der Waals surface area contributed by atoms with E-state index >= 15 is 0 Å². The van der Waals surface area contributed by atoms with E-state index in [1.54, 1.807) is 54.6 Å². The van der Waals surface area contributed by atoms with Crippen LogP contribution in [0.1, 0.15) is 27.9 Å². The first-order valence-corrected chi connectivity index (χ1v) is 11.0. The van der Waals surface area contributed by atoms with Crippen LogP contribution in [0.15, 0.2) is 77.8 Å². The Morgan fingerprint density at radius 3 is 2.50 bits per heavy atom. The van der Waals surface area contributed by atoms with E-state index in [1.165, 1.54) is 17.8 Å².